The van der Waals surface area contributed by atoms with Crippen LogP contribution >= 0.6 is 0 Å². The van der Waals surface area contributed by atoms with E-state index in [9.17, 15) is 0 Å². The molecule has 1 unspecified atom stereocenters. The highest BCUT2D eigenvalue weighted by molar-refractivity contribution is 5.03. The molecule has 0 saturated heterocycles. The first-order valence-corrected chi connectivity index (χ1v) is 4.06. The lowest BCUT2D eigenvalue weighted by Crippen LogP contribution is -2.22. The predicted octanol–water partition coefficient (Wildman–Crippen LogP) is 1.08. The first-order chi connectivity index (χ1) is 5.72. The molecule has 12 heavy (non-hydrogen) atoms. The Bertz CT molecular complexity index is 252. The molecule has 0 aliphatic carbocycles. The van der Waals surface area contributed by atoms with Crippen molar-refractivity contribution in [1.82, 2.24) is 15.1 Å². The summed E-state index contributed by atoms with van der Waals surface area (Å²) in [4.78, 5) is 0. The first kappa shape index (κ1) is 9.00. The van der Waals surface area contributed by atoms with Gasteiger partial charge < -0.3 is 5.32 Å². The van der Waals surface area contributed by atoms with Crippen LogP contribution in [-0.4, -0.2) is 15.8 Å². The third-order valence-corrected chi connectivity index (χ3v) is 1.74. The van der Waals surface area contributed by atoms with Gasteiger partial charge in [-0.15, -0.1) is 6.58 Å². The summed E-state index contributed by atoms with van der Waals surface area (Å²) in [6.07, 6.45) is 5.75. The van der Waals surface area contributed by atoms with Crippen LogP contribution in [-0.2, 0) is 13.6 Å². The molecule has 1 atom stereocenters. The summed E-state index contributed by atoms with van der Waals surface area (Å²) in [6, 6.07) is 0.352. The molecule has 0 spiro atoms. The lowest BCUT2D eigenvalue weighted by molar-refractivity contribution is 0.633. The van der Waals surface area contributed by atoms with E-state index in [0.717, 1.165) is 6.54 Å². The molecule has 1 heterocycles. The van der Waals surface area contributed by atoms with Crippen LogP contribution < -0.4 is 5.32 Å². The molecular formula is C9H15N3. The second-order valence-electron chi connectivity index (χ2n) is 2.93. The highest BCUT2D eigenvalue weighted by Gasteiger charge is 1.97. The Morgan fingerprint density at radius 1 is 1.83 bits per heavy atom. The van der Waals surface area contributed by atoms with Crippen LogP contribution in [0.4, 0.5) is 0 Å². The Hall–Kier alpha value is -1.09. The Morgan fingerprint density at radius 3 is 3.08 bits per heavy atom. The molecule has 0 aromatic carbocycles. The number of aromatic nitrogens is 2. The second kappa shape index (κ2) is 4.07. The van der Waals surface area contributed by atoms with Crippen molar-refractivity contribution in [3.8, 4) is 0 Å². The summed E-state index contributed by atoms with van der Waals surface area (Å²) in [6.45, 7) is 6.62. The van der Waals surface area contributed by atoms with Crippen molar-refractivity contribution in [1.29, 1.82) is 0 Å². The van der Waals surface area contributed by atoms with Gasteiger partial charge in [-0.3, -0.25) is 4.68 Å². The third kappa shape index (κ3) is 2.51. The van der Waals surface area contributed by atoms with E-state index in [0.29, 0.717) is 6.04 Å². The minimum absolute atomic E-state index is 0.352. The highest BCUT2D eigenvalue weighted by Crippen LogP contribution is 1.95. The van der Waals surface area contributed by atoms with Gasteiger partial charge in [0.15, 0.2) is 0 Å². The maximum absolute atomic E-state index is 4.07. The van der Waals surface area contributed by atoms with E-state index in [4.69, 9.17) is 0 Å². The van der Waals surface area contributed by atoms with Crippen LogP contribution in [0.25, 0.3) is 0 Å². The predicted molar refractivity (Wildman–Crippen MR) is 49.7 cm³/mol. The van der Waals surface area contributed by atoms with Gasteiger partial charge in [0.1, 0.15) is 0 Å². The standard InChI is InChI=1S/C9H15N3/c1-4-8(2)10-5-9-6-11-12(3)7-9/h4,6-8,10H,1,5H2,2-3H3. The van der Waals surface area contributed by atoms with Crippen LogP contribution in [0, 0.1) is 0 Å². The molecule has 0 amide bonds. The molecule has 0 saturated carbocycles. The number of rotatable bonds is 4. The van der Waals surface area contributed by atoms with Crippen LogP contribution in [0.2, 0.25) is 0 Å². The van der Waals surface area contributed by atoms with Crippen molar-refractivity contribution < 1.29 is 0 Å². The van der Waals surface area contributed by atoms with Gasteiger partial charge in [-0.1, -0.05) is 6.08 Å². The molecule has 0 aliphatic rings. The van der Waals surface area contributed by atoms with E-state index in [-0.39, 0.29) is 0 Å². The second-order valence-corrected chi connectivity index (χ2v) is 2.93. The molecule has 1 N–H and O–H groups in total. The summed E-state index contributed by atoms with van der Waals surface area (Å²) in [5.74, 6) is 0. The van der Waals surface area contributed by atoms with Gasteiger partial charge in [-0.25, -0.2) is 0 Å². The van der Waals surface area contributed by atoms with E-state index in [1.54, 1.807) is 4.68 Å². The number of nitrogens with zero attached hydrogens (tertiary/aromatic N) is 2. The molecule has 1 rings (SSSR count). The summed E-state index contributed by atoms with van der Waals surface area (Å²) in [5.41, 5.74) is 1.20. The topological polar surface area (TPSA) is 29.9 Å². The zero-order chi connectivity index (χ0) is 8.97. The van der Waals surface area contributed by atoms with Crippen LogP contribution in [0.15, 0.2) is 25.0 Å². The van der Waals surface area contributed by atoms with Gasteiger partial charge in [0.05, 0.1) is 6.20 Å². The van der Waals surface area contributed by atoms with Crippen molar-refractivity contribution in [2.45, 2.75) is 19.5 Å². The fourth-order valence-electron chi connectivity index (χ4n) is 0.925. The fraction of sp³-hybridized carbons (Fsp3) is 0.444. The molecular weight excluding hydrogens is 150 g/mol. The zero-order valence-electron chi connectivity index (χ0n) is 7.62. The van der Waals surface area contributed by atoms with Gasteiger partial charge in [0, 0.05) is 31.4 Å². The van der Waals surface area contributed by atoms with Crippen molar-refractivity contribution in [3.63, 3.8) is 0 Å². The Balaban J connectivity index is 2.37. The highest BCUT2D eigenvalue weighted by atomic mass is 15.2. The zero-order valence-corrected chi connectivity index (χ0v) is 7.62. The summed E-state index contributed by atoms with van der Waals surface area (Å²) in [5, 5.41) is 7.36. The molecule has 0 fully saturated rings. The van der Waals surface area contributed by atoms with E-state index in [1.807, 2.05) is 25.5 Å². The normalized spacial score (nSPS) is 12.8. The average molecular weight is 165 g/mol. The number of nitrogens with one attached hydrogen (secondary N) is 1. The maximum Gasteiger partial charge on any atom is 0.0534 e. The van der Waals surface area contributed by atoms with Gasteiger partial charge in [-0.05, 0) is 6.92 Å². The molecule has 0 bridgehead atoms. The average Bonchev–Trinajstić information content (AvgIpc) is 2.47. The van der Waals surface area contributed by atoms with Gasteiger partial charge in [0.2, 0.25) is 0 Å². The minimum Gasteiger partial charge on any atom is -0.307 e. The van der Waals surface area contributed by atoms with Crippen LogP contribution in [0.3, 0.4) is 0 Å². The lowest BCUT2D eigenvalue weighted by Gasteiger charge is -2.06. The van der Waals surface area contributed by atoms with E-state index >= 15 is 0 Å². The minimum atomic E-state index is 0.352. The van der Waals surface area contributed by atoms with Crippen molar-refractivity contribution >= 4 is 0 Å². The Morgan fingerprint density at radius 2 is 2.58 bits per heavy atom. The fourth-order valence-corrected chi connectivity index (χ4v) is 0.925. The number of aryl methyl sites for hydroxylation is 1. The number of hydrogen-bond acceptors (Lipinski definition) is 2. The molecule has 66 valence electrons. The summed E-state index contributed by atoms with van der Waals surface area (Å²) in [7, 11) is 1.92. The van der Waals surface area contributed by atoms with Crippen molar-refractivity contribution in [3.05, 3.63) is 30.6 Å². The largest absolute Gasteiger partial charge is 0.307 e. The van der Waals surface area contributed by atoms with Crippen molar-refractivity contribution in [2.24, 2.45) is 7.05 Å². The summed E-state index contributed by atoms with van der Waals surface area (Å²) < 4.78 is 1.80. The van der Waals surface area contributed by atoms with Crippen molar-refractivity contribution in [2.75, 3.05) is 0 Å². The SMILES string of the molecule is C=CC(C)NCc1cnn(C)c1. The molecule has 1 aromatic rings. The first-order valence-electron chi connectivity index (χ1n) is 4.06. The van der Waals surface area contributed by atoms with E-state index in [1.165, 1.54) is 5.56 Å². The summed E-state index contributed by atoms with van der Waals surface area (Å²) >= 11 is 0. The lowest BCUT2D eigenvalue weighted by atomic mass is 10.3. The molecule has 1 aromatic heterocycles. The Labute approximate surface area is 73.1 Å². The molecule has 0 radical (unpaired) electrons. The molecule has 3 nitrogen and oxygen atoms in total. The van der Waals surface area contributed by atoms with Crippen LogP contribution in [0.1, 0.15) is 12.5 Å². The van der Waals surface area contributed by atoms with Gasteiger partial charge >= 0.3 is 0 Å². The van der Waals surface area contributed by atoms with E-state index < -0.39 is 0 Å². The number of hydrogen-bond donors (Lipinski definition) is 1. The van der Waals surface area contributed by atoms with Gasteiger partial charge in [-0.2, -0.15) is 5.10 Å². The third-order valence-electron chi connectivity index (χ3n) is 1.74. The smallest absolute Gasteiger partial charge is 0.0534 e. The monoisotopic (exact) mass is 165 g/mol. The van der Waals surface area contributed by atoms with Gasteiger partial charge in [0.25, 0.3) is 0 Å². The van der Waals surface area contributed by atoms with E-state index in [2.05, 4.69) is 23.9 Å². The molecule has 0 aliphatic heterocycles. The maximum atomic E-state index is 4.07. The molecule has 3 heteroatoms. The van der Waals surface area contributed by atoms with Crippen LogP contribution in [0.5, 0.6) is 0 Å². The quantitative estimate of drug-likeness (QED) is 0.677. The Kier molecular flexibility index (Phi) is 3.05.